The predicted octanol–water partition coefficient (Wildman–Crippen LogP) is 7.83. The predicted molar refractivity (Wildman–Crippen MR) is 149 cm³/mol. The number of esters is 2. The minimum Gasteiger partial charge on any atom is -0.496 e. The first kappa shape index (κ1) is 31.4. The zero-order valence-electron chi connectivity index (χ0n) is 24.9. The van der Waals surface area contributed by atoms with Crippen LogP contribution in [-0.4, -0.2) is 40.4 Å². The number of hydrogen-bond donors (Lipinski definition) is 0. The van der Waals surface area contributed by atoms with E-state index in [4.69, 9.17) is 9.47 Å². The highest BCUT2D eigenvalue weighted by molar-refractivity contribution is 5.90. The van der Waals surface area contributed by atoms with Crippen LogP contribution in [-0.2, 0) is 9.47 Å². The Balaban J connectivity index is 0.000000220. The van der Waals surface area contributed by atoms with Gasteiger partial charge in [-0.05, 0) is 71.6 Å². The van der Waals surface area contributed by atoms with Crippen molar-refractivity contribution in [2.24, 2.45) is 10.8 Å². The van der Waals surface area contributed by atoms with Crippen LogP contribution in [0.5, 0.6) is 11.5 Å². The van der Waals surface area contributed by atoms with Crippen LogP contribution in [0.15, 0.2) is 24.3 Å². The molecule has 0 aromatic heterocycles. The van der Waals surface area contributed by atoms with Crippen molar-refractivity contribution in [1.29, 1.82) is 0 Å². The summed E-state index contributed by atoms with van der Waals surface area (Å²) in [7, 11) is 5.56. The number of ether oxygens (including phenoxy) is 4. The summed E-state index contributed by atoms with van der Waals surface area (Å²) in [4.78, 5) is 23.3. The molecule has 40 heavy (non-hydrogen) atoms. The zero-order chi connectivity index (χ0) is 29.8. The van der Waals surface area contributed by atoms with E-state index in [0.29, 0.717) is 11.5 Å². The van der Waals surface area contributed by atoms with Crippen molar-refractivity contribution < 1.29 is 37.3 Å². The Kier molecular flexibility index (Phi) is 9.85. The highest BCUT2D eigenvalue weighted by Gasteiger charge is 2.39. The fourth-order valence-corrected chi connectivity index (χ4v) is 6.38. The maximum Gasteiger partial charge on any atom is 0.340 e. The van der Waals surface area contributed by atoms with Gasteiger partial charge in [0.25, 0.3) is 0 Å². The maximum absolute atomic E-state index is 14.0. The highest BCUT2D eigenvalue weighted by Crippen LogP contribution is 2.52. The lowest BCUT2D eigenvalue weighted by atomic mass is 9.77. The van der Waals surface area contributed by atoms with Crippen molar-refractivity contribution in [3.63, 3.8) is 0 Å². The van der Waals surface area contributed by atoms with Gasteiger partial charge in [-0.3, -0.25) is 0 Å². The first-order valence-electron chi connectivity index (χ1n) is 13.7. The normalized spacial score (nSPS) is 20.8. The second-order valence-corrected chi connectivity index (χ2v) is 12.0. The van der Waals surface area contributed by atoms with Crippen LogP contribution in [0.2, 0.25) is 0 Å². The molecule has 0 bridgehead atoms. The third-order valence-corrected chi connectivity index (χ3v) is 8.71. The average molecular weight is 561 g/mol. The van der Waals surface area contributed by atoms with Gasteiger partial charge >= 0.3 is 11.9 Å². The Morgan fingerprint density at radius 1 is 0.675 bits per heavy atom. The van der Waals surface area contributed by atoms with Crippen molar-refractivity contribution in [3.8, 4) is 11.5 Å². The molecular formula is C32H42F2O6. The SMILES string of the molecule is COC(=O)c1cc([C@@H]2CCCC2(C)C)c(OC)cc1F.COC(=O)c1cc([C@H]2CCCC2(C)C)c(OC)cc1F. The summed E-state index contributed by atoms with van der Waals surface area (Å²) in [6.07, 6.45) is 6.54. The van der Waals surface area contributed by atoms with E-state index in [1.165, 1.54) is 40.6 Å². The molecule has 2 aromatic rings. The summed E-state index contributed by atoms with van der Waals surface area (Å²) in [6, 6.07) is 5.77. The number of hydrogen-bond acceptors (Lipinski definition) is 6. The van der Waals surface area contributed by atoms with Gasteiger partial charge in [-0.1, -0.05) is 40.5 Å². The molecule has 2 fully saturated rings. The Morgan fingerprint density at radius 3 is 1.27 bits per heavy atom. The first-order chi connectivity index (χ1) is 18.8. The van der Waals surface area contributed by atoms with Gasteiger partial charge in [0.05, 0.1) is 39.6 Å². The van der Waals surface area contributed by atoms with E-state index in [9.17, 15) is 18.4 Å². The summed E-state index contributed by atoms with van der Waals surface area (Å²) in [5, 5.41) is 0. The van der Waals surface area contributed by atoms with E-state index < -0.39 is 23.6 Å². The summed E-state index contributed by atoms with van der Waals surface area (Å²) < 4.78 is 47.8. The second kappa shape index (κ2) is 12.6. The van der Waals surface area contributed by atoms with Gasteiger partial charge in [-0.2, -0.15) is 0 Å². The molecular weight excluding hydrogens is 518 g/mol. The van der Waals surface area contributed by atoms with Gasteiger partial charge in [0, 0.05) is 12.1 Å². The topological polar surface area (TPSA) is 71.1 Å². The number of halogens is 2. The van der Waals surface area contributed by atoms with E-state index in [2.05, 4.69) is 37.2 Å². The van der Waals surface area contributed by atoms with E-state index in [1.54, 1.807) is 12.1 Å². The minimum atomic E-state index is -0.651. The lowest BCUT2D eigenvalue weighted by Crippen LogP contribution is -2.17. The van der Waals surface area contributed by atoms with Gasteiger partial charge in [0.2, 0.25) is 0 Å². The molecule has 0 unspecified atom stereocenters. The molecule has 0 spiro atoms. The molecule has 2 aliphatic carbocycles. The molecule has 2 atom stereocenters. The molecule has 0 amide bonds. The molecule has 4 rings (SSSR count). The Hall–Kier alpha value is -3.16. The van der Waals surface area contributed by atoms with Gasteiger partial charge in [0.1, 0.15) is 23.1 Å². The molecule has 0 N–H and O–H groups in total. The molecule has 2 aliphatic rings. The van der Waals surface area contributed by atoms with Crippen LogP contribution in [0.1, 0.15) is 110 Å². The first-order valence-corrected chi connectivity index (χ1v) is 13.7. The fraction of sp³-hybridized carbons (Fsp3) is 0.562. The largest absolute Gasteiger partial charge is 0.496 e. The van der Waals surface area contributed by atoms with Crippen LogP contribution in [0.3, 0.4) is 0 Å². The summed E-state index contributed by atoms with van der Waals surface area (Å²) in [5.41, 5.74) is 2.00. The second-order valence-electron chi connectivity index (χ2n) is 12.0. The monoisotopic (exact) mass is 560 g/mol. The van der Waals surface area contributed by atoms with E-state index in [1.807, 2.05) is 0 Å². The van der Waals surface area contributed by atoms with Crippen molar-refractivity contribution in [3.05, 3.63) is 58.2 Å². The lowest BCUT2D eigenvalue weighted by molar-refractivity contribution is 0.0586. The van der Waals surface area contributed by atoms with Crippen LogP contribution in [0.25, 0.3) is 0 Å². The van der Waals surface area contributed by atoms with Gasteiger partial charge in [-0.25, -0.2) is 18.4 Å². The van der Waals surface area contributed by atoms with Crippen molar-refractivity contribution in [2.45, 2.75) is 78.1 Å². The average Bonchev–Trinajstić information content (AvgIpc) is 3.47. The molecule has 6 nitrogen and oxygen atoms in total. The standard InChI is InChI=1S/2C16H21FO3/c2*1-16(2)7-5-6-12(16)10-8-11(15(18)20-4)13(17)9-14(10)19-3/h2*8-9,12H,5-7H2,1-4H3/t2*12-/m10/s1. The van der Waals surface area contributed by atoms with Crippen LogP contribution < -0.4 is 9.47 Å². The van der Waals surface area contributed by atoms with Gasteiger partial charge < -0.3 is 18.9 Å². The number of rotatable bonds is 6. The van der Waals surface area contributed by atoms with E-state index in [-0.39, 0.29) is 33.8 Å². The summed E-state index contributed by atoms with van der Waals surface area (Å²) in [5.74, 6) is -0.959. The minimum absolute atomic E-state index is 0.0222. The van der Waals surface area contributed by atoms with Gasteiger partial charge in [-0.15, -0.1) is 0 Å². The van der Waals surface area contributed by atoms with Gasteiger partial charge in [0.15, 0.2) is 0 Å². The van der Waals surface area contributed by atoms with Crippen molar-refractivity contribution in [2.75, 3.05) is 28.4 Å². The Morgan fingerprint density at radius 2 is 1.02 bits per heavy atom. The van der Waals surface area contributed by atoms with Crippen molar-refractivity contribution >= 4 is 11.9 Å². The Bertz CT molecular complexity index is 1140. The number of carbonyl (C=O) groups is 2. The summed E-state index contributed by atoms with van der Waals surface area (Å²) in [6.45, 7) is 8.80. The van der Waals surface area contributed by atoms with Crippen LogP contribution in [0, 0.1) is 22.5 Å². The van der Waals surface area contributed by atoms with Crippen LogP contribution >= 0.6 is 0 Å². The molecule has 220 valence electrons. The number of carbonyl (C=O) groups excluding carboxylic acids is 2. The number of methoxy groups -OCH3 is 4. The number of benzene rings is 2. The van der Waals surface area contributed by atoms with Crippen LogP contribution in [0.4, 0.5) is 8.78 Å². The quantitative estimate of drug-likeness (QED) is 0.335. The third-order valence-electron chi connectivity index (χ3n) is 8.71. The molecule has 0 heterocycles. The Labute approximate surface area is 236 Å². The van der Waals surface area contributed by atoms with E-state index >= 15 is 0 Å². The fourth-order valence-electron chi connectivity index (χ4n) is 6.38. The summed E-state index contributed by atoms with van der Waals surface area (Å²) >= 11 is 0. The molecule has 2 saturated carbocycles. The smallest absolute Gasteiger partial charge is 0.340 e. The third kappa shape index (κ3) is 6.42. The van der Waals surface area contributed by atoms with Crippen molar-refractivity contribution in [1.82, 2.24) is 0 Å². The highest BCUT2D eigenvalue weighted by atomic mass is 19.1. The lowest BCUT2D eigenvalue weighted by Gasteiger charge is -2.29. The van der Waals surface area contributed by atoms with E-state index in [0.717, 1.165) is 49.7 Å². The maximum atomic E-state index is 14.0. The zero-order valence-corrected chi connectivity index (χ0v) is 24.9. The molecule has 0 aliphatic heterocycles. The molecule has 0 saturated heterocycles. The molecule has 8 heteroatoms. The molecule has 2 aromatic carbocycles. The molecule has 0 radical (unpaired) electrons.